The number of nitrogens with zero attached hydrogens (tertiary/aromatic N) is 2. The Morgan fingerprint density at radius 3 is 2.96 bits per heavy atom. The average molecular weight is 323 g/mol. The lowest BCUT2D eigenvalue weighted by atomic mass is 10.1. The first-order chi connectivity index (χ1) is 11.2. The van der Waals surface area contributed by atoms with Gasteiger partial charge in [-0.1, -0.05) is 18.2 Å². The second-order valence-electron chi connectivity index (χ2n) is 5.66. The van der Waals surface area contributed by atoms with Gasteiger partial charge in [-0.15, -0.1) is 0 Å². The fourth-order valence-corrected chi connectivity index (χ4v) is 2.70. The summed E-state index contributed by atoms with van der Waals surface area (Å²) in [6, 6.07) is 6.80. The molecule has 1 aliphatic heterocycles. The van der Waals surface area contributed by atoms with Gasteiger partial charge in [-0.2, -0.15) is 0 Å². The Morgan fingerprint density at radius 1 is 1.39 bits per heavy atom. The van der Waals surface area contributed by atoms with Crippen molar-refractivity contribution in [3.63, 3.8) is 0 Å². The SMILES string of the molecule is CN=C(NCc1ccccc1F)N1CCC(COCCOC)C1. The molecule has 1 aromatic rings. The zero-order valence-electron chi connectivity index (χ0n) is 13.9. The molecule has 23 heavy (non-hydrogen) atoms. The summed E-state index contributed by atoms with van der Waals surface area (Å²) in [5, 5.41) is 3.24. The Kier molecular flexibility index (Phi) is 7.29. The molecule has 0 saturated carbocycles. The van der Waals surface area contributed by atoms with Gasteiger partial charge < -0.3 is 19.7 Å². The number of halogens is 1. The van der Waals surface area contributed by atoms with E-state index in [1.807, 2.05) is 6.07 Å². The monoisotopic (exact) mass is 323 g/mol. The van der Waals surface area contributed by atoms with Crippen LogP contribution < -0.4 is 5.32 Å². The van der Waals surface area contributed by atoms with Crippen LogP contribution in [0.4, 0.5) is 4.39 Å². The van der Waals surface area contributed by atoms with E-state index in [1.54, 1.807) is 26.3 Å². The fraction of sp³-hybridized carbons (Fsp3) is 0.588. The molecule has 128 valence electrons. The van der Waals surface area contributed by atoms with E-state index < -0.39 is 0 Å². The van der Waals surface area contributed by atoms with E-state index in [2.05, 4.69) is 15.2 Å². The first-order valence-electron chi connectivity index (χ1n) is 8.00. The lowest BCUT2D eigenvalue weighted by Crippen LogP contribution is -2.40. The first-order valence-corrected chi connectivity index (χ1v) is 8.00. The predicted molar refractivity (Wildman–Crippen MR) is 89.0 cm³/mol. The molecule has 0 amide bonds. The number of aliphatic imine (C=N–C) groups is 1. The van der Waals surface area contributed by atoms with Gasteiger partial charge in [0.25, 0.3) is 0 Å². The third-order valence-corrected chi connectivity index (χ3v) is 3.98. The van der Waals surface area contributed by atoms with Gasteiger partial charge in [0.15, 0.2) is 5.96 Å². The van der Waals surface area contributed by atoms with Crippen LogP contribution in [0.2, 0.25) is 0 Å². The molecule has 1 aromatic carbocycles. The van der Waals surface area contributed by atoms with Crippen LogP contribution in [0, 0.1) is 11.7 Å². The normalized spacial score (nSPS) is 18.5. The van der Waals surface area contributed by atoms with E-state index in [4.69, 9.17) is 9.47 Å². The number of nitrogens with one attached hydrogen (secondary N) is 1. The van der Waals surface area contributed by atoms with Crippen molar-refractivity contribution in [1.82, 2.24) is 10.2 Å². The molecule has 1 atom stereocenters. The van der Waals surface area contributed by atoms with Gasteiger partial charge >= 0.3 is 0 Å². The quantitative estimate of drug-likeness (QED) is 0.473. The molecule has 0 spiro atoms. The molecule has 0 radical (unpaired) electrons. The summed E-state index contributed by atoms with van der Waals surface area (Å²) in [5.74, 6) is 1.12. The molecule has 0 aromatic heterocycles. The Morgan fingerprint density at radius 2 is 2.22 bits per heavy atom. The summed E-state index contributed by atoms with van der Waals surface area (Å²) < 4.78 is 24.2. The summed E-state index contributed by atoms with van der Waals surface area (Å²) >= 11 is 0. The third kappa shape index (κ3) is 5.48. The van der Waals surface area contributed by atoms with E-state index in [-0.39, 0.29) is 5.82 Å². The zero-order chi connectivity index (χ0) is 16.5. The third-order valence-electron chi connectivity index (χ3n) is 3.98. The van der Waals surface area contributed by atoms with Gasteiger partial charge in [0.05, 0.1) is 19.8 Å². The van der Waals surface area contributed by atoms with E-state index in [0.29, 0.717) is 31.2 Å². The van der Waals surface area contributed by atoms with Gasteiger partial charge in [0.1, 0.15) is 5.82 Å². The maximum absolute atomic E-state index is 13.7. The number of likely N-dealkylation sites (tertiary alicyclic amines) is 1. The van der Waals surface area contributed by atoms with Gasteiger partial charge in [-0.25, -0.2) is 4.39 Å². The summed E-state index contributed by atoms with van der Waals surface area (Å²) in [5.41, 5.74) is 0.646. The zero-order valence-corrected chi connectivity index (χ0v) is 13.9. The minimum absolute atomic E-state index is 0.193. The molecule has 1 fully saturated rings. The molecule has 1 heterocycles. The molecule has 6 heteroatoms. The highest BCUT2D eigenvalue weighted by Gasteiger charge is 2.24. The largest absolute Gasteiger partial charge is 0.382 e. The van der Waals surface area contributed by atoms with Crippen LogP contribution in [0.3, 0.4) is 0 Å². The molecular formula is C17H26FN3O2. The van der Waals surface area contributed by atoms with Crippen molar-refractivity contribution in [2.75, 3.05) is 47.1 Å². The molecule has 0 aliphatic carbocycles. The number of benzene rings is 1. The summed E-state index contributed by atoms with van der Waals surface area (Å²) in [4.78, 5) is 6.51. The number of guanidine groups is 1. The van der Waals surface area contributed by atoms with Crippen molar-refractivity contribution in [3.8, 4) is 0 Å². The number of ether oxygens (including phenoxy) is 2. The van der Waals surface area contributed by atoms with Gasteiger partial charge in [0.2, 0.25) is 0 Å². The van der Waals surface area contributed by atoms with Crippen LogP contribution in [0.25, 0.3) is 0 Å². The minimum atomic E-state index is -0.193. The highest BCUT2D eigenvalue weighted by Crippen LogP contribution is 2.17. The molecule has 1 saturated heterocycles. The maximum atomic E-state index is 13.7. The minimum Gasteiger partial charge on any atom is -0.382 e. The first kappa shape index (κ1) is 17.7. The topological polar surface area (TPSA) is 46.1 Å². The van der Waals surface area contributed by atoms with Gasteiger partial charge in [0, 0.05) is 45.3 Å². The molecule has 1 N–H and O–H groups in total. The Balaban J connectivity index is 1.77. The van der Waals surface area contributed by atoms with Crippen molar-refractivity contribution in [2.45, 2.75) is 13.0 Å². The highest BCUT2D eigenvalue weighted by atomic mass is 19.1. The van der Waals surface area contributed by atoms with Crippen LogP contribution in [-0.2, 0) is 16.0 Å². The van der Waals surface area contributed by atoms with Gasteiger partial charge in [-0.3, -0.25) is 4.99 Å². The number of hydrogen-bond acceptors (Lipinski definition) is 3. The second-order valence-corrected chi connectivity index (χ2v) is 5.66. The van der Waals surface area contributed by atoms with Crippen LogP contribution in [-0.4, -0.2) is 57.9 Å². The molecule has 1 aliphatic rings. The van der Waals surface area contributed by atoms with Crippen molar-refractivity contribution < 1.29 is 13.9 Å². The van der Waals surface area contributed by atoms with Crippen LogP contribution in [0.1, 0.15) is 12.0 Å². The van der Waals surface area contributed by atoms with Crippen molar-refractivity contribution in [1.29, 1.82) is 0 Å². The number of rotatable bonds is 7. The molecule has 1 unspecified atom stereocenters. The van der Waals surface area contributed by atoms with Crippen LogP contribution in [0.5, 0.6) is 0 Å². The van der Waals surface area contributed by atoms with E-state index in [9.17, 15) is 4.39 Å². The lowest BCUT2D eigenvalue weighted by Gasteiger charge is -2.22. The maximum Gasteiger partial charge on any atom is 0.193 e. The highest BCUT2D eigenvalue weighted by molar-refractivity contribution is 5.80. The predicted octanol–water partition coefficient (Wildman–Crippen LogP) is 1.89. The number of hydrogen-bond donors (Lipinski definition) is 1. The molecule has 5 nitrogen and oxygen atoms in total. The Hall–Kier alpha value is -1.66. The molecule has 0 bridgehead atoms. The smallest absolute Gasteiger partial charge is 0.193 e. The van der Waals surface area contributed by atoms with Crippen molar-refractivity contribution in [2.24, 2.45) is 10.9 Å². The van der Waals surface area contributed by atoms with Crippen LogP contribution in [0.15, 0.2) is 29.3 Å². The fourth-order valence-electron chi connectivity index (χ4n) is 2.70. The van der Waals surface area contributed by atoms with Crippen LogP contribution >= 0.6 is 0 Å². The second kappa shape index (κ2) is 9.47. The van der Waals surface area contributed by atoms with E-state index in [0.717, 1.165) is 32.1 Å². The van der Waals surface area contributed by atoms with Gasteiger partial charge in [-0.05, 0) is 12.5 Å². The molecular weight excluding hydrogens is 297 g/mol. The van der Waals surface area contributed by atoms with Crippen molar-refractivity contribution >= 4 is 5.96 Å². The summed E-state index contributed by atoms with van der Waals surface area (Å²) in [6.45, 7) is 4.28. The Bertz CT molecular complexity index is 510. The van der Waals surface area contributed by atoms with Crippen molar-refractivity contribution in [3.05, 3.63) is 35.6 Å². The lowest BCUT2D eigenvalue weighted by molar-refractivity contribution is 0.0536. The summed E-state index contributed by atoms with van der Waals surface area (Å²) in [6.07, 6.45) is 1.08. The Labute approximate surface area is 137 Å². The standard InChI is InChI=1S/C17H26FN3O2/c1-19-17(20-11-15-5-3-4-6-16(15)18)21-8-7-14(12-21)13-23-10-9-22-2/h3-6,14H,7-13H2,1-2H3,(H,19,20). The van der Waals surface area contributed by atoms with E-state index >= 15 is 0 Å². The molecule has 2 rings (SSSR count). The number of methoxy groups -OCH3 is 1. The average Bonchev–Trinajstić information content (AvgIpc) is 3.02. The summed E-state index contributed by atoms with van der Waals surface area (Å²) in [7, 11) is 3.43. The van der Waals surface area contributed by atoms with E-state index in [1.165, 1.54) is 6.07 Å².